The van der Waals surface area contributed by atoms with Crippen molar-refractivity contribution < 1.29 is 19.4 Å². The smallest absolute Gasteiger partial charge is 0.324 e. The fourth-order valence-electron chi connectivity index (χ4n) is 4.42. The van der Waals surface area contributed by atoms with Crippen LogP contribution in [-0.2, 0) is 9.53 Å². The van der Waals surface area contributed by atoms with E-state index in [4.69, 9.17) is 9.84 Å². The standard InChI is InChI=1S/C20H31N3O4S2/c1-27-13-14-6-8-16(9-7-14)23(15-4-2-3-5-15)20(26)22-19-21-12-18(29-19)28-11-10-17(24)25/h12,14-16H,2-11,13H2,1H3,(H,24,25)(H,21,22,26). The van der Waals surface area contributed by atoms with Crippen LogP contribution in [0, 0.1) is 5.92 Å². The van der Waals surface area contributed by atoms with Gasteiger partial charge in [-0.2, -0.15) is 0 Å². The number of carboxylic acids is 1. The number of nitrogens with one attached hydrogen (secondary N) is 1. The lowest BCUT2D eigenvalue weighted by atomic mass is 9.85. The Morgan fingerprint density at radius 3 is 2.59 bits per heavy atom. The quantitative estimate of drug-likeness (QED) is 0.540. The van der Waals surface area contributed by atoms with E-state index in [1.54, 1.807) is 13.3 Å². The number of carbonyl (C=O) groups excluding carboxylic acids is 1. The molecule has 1 aromatic heterocycles. The molecule has 0 bridgehead atoms. The molecule has 9 heteroatoms. The van der Waals surface area contributed by atoms with Gasteiger partial charge in [-0.05, 0) is 44.4 Å². The molecule has 1 heterocycles. The van der Waals surface area contributed by atoms with Crippen molar-refractivity contribution in [3.8, 4) is 0 Å². The number of carboxylic acid groups (broad SMARTS) is 1. The molecule has 0 atom stereocenters. The Hall–Kier alpha value is -1.32. The number of ether oxygens (including phenoxy) is 1. The van der Waals surface area contributed by atoms with Crippen LogP contribution in [0.5, 0.6) is 0 Å². The Labute approximate surface area is 180 Å². The average molecular weight is 442 g/mol. The number of carbonyl (C=O) groups is 2. The molecular formula is C20H31N3O4S2. The number of hydrogen-bond acceptors (Lipinski definition) is 6. The van der Waals surface area contributed by atoms with Crippen LogP contribution >= 0.6 is 23.1 Å². The average Bonchev–Trinajstić information content (AvgIpc) is 3.36. The third-order valence-electron chi connectivity index (χ3n) is 5.82. The summed E-state index contributed by atoms with van der Waals surface area (Å²) in [6.07, 6.45) is 10.7. The van der Waals surface area contributed by atoms with Crippen LogP contribution in [0.2, 0.25) is 0 Å². The molecular weight excluding hydrogens is 410 g/mol. The summed E-state index contributed by atoms with van der Waals surface area (Å²) >= 11 is 2.87. The van der Waals surface area contributed by atoms with E-state index in [0.717, 1.165) is 49.3 Å². The summed E-state index contributed by atoms with van der Waals surface area (Å²) in [5, 5.41) is 12.4. The topological polar surface area (TPSA) is 91.8 Å². The van der Waals surface area contributed by atoms with Crippen molar-refractivity contribution in [2.24, 2.45) is 5.92 Å². The lowest BCUT2D eigenvalue weighted by Gasteiger charge is -2.40. The maximum atomic E-state index is 13.2. The number of methoxy groups -OCH3 is 1. The lowest BCUT2D eigenvalue weighted by Crippen LogP contribution is -2.49. The van der Waals surface area contributed by atoms with Gasteiger partial charge in [0.15, 0.2) is 5.13 Å². The molecule has 0 unspecified atom stereocenters. The van der Waals surface area contributed by atoms with Gasteiger partial charge in [-0.3, -0.25) is 10.1 Å². The number of anilines is 1. The highest BCUT2D eigenvalue weighted by molar-refractivity contribution is 8.01. The second-order valence-corrected chi connectivity index (χ2v) is 10.3. The van der Waals surface area contributed by atoms with E-state index in [1.165, 1.54) is 35.9 Å². The van der Waals surface area contributed by atoms with E-state index < -0.39 is 5.97 Å². The van der Waals surface area contributed by atoms with Crippen molar-refractivity contribution in [1.29, 1.82) is 0 Å². The molecule has 7 nitrogen and oxygen atoms in total. The van der Waals surface area contributed by atoms with E-state index in [0.29, 0.717) is 22.8 Å². The van der Waals surface area contributed by atoms with Crippen molar-refractivity contribution in [2.45, 2.75) is 74.1 Å². The largest absolute Gasteiger partial charge is 0.481 e. The first kappa shape index (κ1) is 22.4. The number of hydrogen-bond donors (Lipinski definition) is 2. The Bertz CT molecular complexity index is 670. The second kappa shape index (κ2) is 11.2. The Morgan fingerprint density at radius 2 is 1.93 bits per heavy atom. The van der Waals surface area contributed by atoms with Crippen molar-refractivity contribution in [3.63, 3.8) is 0 Å². The number of amides is 2. The van der Waals surface area contributed by atoms with Crippen LogP contribution in [0.15, 0.2) is 10.4 Å². The molecule has 0 spiro atoms. The summed E-state index contributed by atoms with van der Waals surface area (Å²) in [7, 11) is 1.76. The molecule has 2 saturated carbocycles. The van der Waals surface area contributed by atoms with Gasteiger partial charge in [0.05, 0.1) is 16.8 Å². The molecule has 1 aromatic rings. The highest BCUT2D eigenvalue weighted by Gasteiger charge is 2.35. The van der Waals surface area contributed by atoms with Gasteiger partial charge < -0.3 is 14.7 Å². The third-order valence-corrected chi connectivity index (χ3v) is 7.93. The van der Waals surface area contributed by atoms with Gasteiger partial charge >= 0.3 is 12.0 Å². The Kier molecular flexibility index (Phi) is 8.62. The number of rotatable bonds is 9. The maximum absolute atomic E-state index is 13.2. The van der Waals surface area contributed by atoms with Crippen molar-refractivity contribution >= 4 is 40.2 Å². The number of nitrogens with zero attached hydrogens (tertiary/aromatic N) is 2. The van der Waals surface area contributed by atoms with Gasteiger partial charge in [0.2, 0.25) is 0 Å². The van der Waals surface area contributed by atoms with Crippen LogP contribution in [0.4, 0.5) is 9.93 Å². The van der Waals surface area contributed by atoms with E-state index in [1.807, 2.05) is 0 Å². The summed E-state index contributed by atoms with van der Waals surface area (Å²) in [4.78, 5) is 30.3. The summed E-state index contributed by atoms with van der Waals surface area (Å²) in [5.41, 5.74) is 0. The molecule has 0 saturated heterocycles. The monoisotopic (exact) mass is 441 g/mol. The molecule has 2 fully saturated rings. The van der Waals surface area contributed by atoms with Gasteiger partial charge in [0, 0.05) is 31.6 Å². The normalized spacial score (nSPS) is 22.5. The minimum atomic E-state index is -0.803. The molecule has 0 aromatic carbocycles. The van der Waals surface area contributed by atoms with Gasteiger partial charge in [-0.1, -0.05) is 24.2 Å². The molecule has 2 N–H and O–H groups in total. The highest BCUT2D eigenvalue weighted by Crippen LogP contribution is 2.34. The lowest BCUT2D eigenvalue weighted by molar-refractivity contribution is -0.136. The predicted octanol–water partition coefficient (Wildman–Crippen LogP) is 4.69. The summed E-state index contributed by atoms with van der Waals surface area (Å²) < 4.78 is 6.24. The fraction of sp³-hybridized carbons (Fsp3) is 0.750. The van der Waals surface area contributed by atoms with E-state index in [9.17, 15) is 9.59 Å². The van der Waals surface area contributed by atoms with Crippen molar-refractivity contribution in [3.05, 3.63) is 6.20 Å². The predicted molar refractivity (Wildman–Crippen MR) is 116 cm³/mol. The molecule has 2 aliphatic rings. The second-order valence-electron chi connectivity index (χ2n) is 7.88. The van der Waals surface area contributed by atoms with Crippen molar-refractivity contribution in [1.82, 2.24) is 9.88 Å². The summed E-state index contributed by atoms with van der Waals surface area (Å²) in [6, 6.07) is 0.572. The molecule has 0 radical (unpaired) electrons. The molecule has 162 valence electrons. The zero-order chi connectivity index (χ0) is 20.6. The Balaban J connectivity index is 1.59. The first-order chi connectivity index (χ1) is 14.1. The van der Waals surface area contributed by atoms with Gasteiger partial charge in [-0.15, -0.1) is 11.8 Å². The summed E-state index contributed by atoms with van der Waals surface area (Å²) in [6.45, 7) is 0.809. The number of thioether (sulfide) groups is 1. The first-order valence-corrected chi connectivity index (χ1v) is 12.3. The van der Waals surface area contributed by atoms with Gasteiger partial charge in [0.25, 0.3) is 0 Å². The van der Waals surface area contributed by atoms with Crippen LogP contribution < -0.4 is 5.32 Å². The van der Waals surface area contributed by atoms with Crippen LogP contribution in [-0.4, -0.2) is 58.5 Å². The fourth-order valence-corrected chi connectivity index (χ4v) is 6.28. The summed E-state index contributed by atoms with van der Waals surface area (Å²) in [5.74, 6) is 0.307. The zero-order valence-electron chi connectivity index (χ0n) is 17.0. The third kappa shape index (κ3) is 6.58. The Morgan fingerprint density at radius 1 is 1.24 bits per heavy atom. The highest BCUT2D eigenvalue weighted by atomic mass is 32.2. The number of thiazole rings is 1. The van der Waals surface area contributed by atoms with E-state index >= 15 is 0 Å². The molecule has 29 heavy (non-hydrogen) atoms. The molecule has 2 aliphatic carbocycles. The zero-order valence-corrected chi connectivity index (χ0v) is 18.6. The number of urea groups is 1. The first-order valence-electron chi connectivity index (χ1n) is 10.5. The molecule has 0 aliphatic heterocycles. The number of aliphatic carboxylic acids is 1. The molecule has 3 rings (SSSR count). The van der Waals surface area contributed by atoms with Crippen LogP contribution in [0.25, 0.3) is 0 Å². The van der Waals surface area contributed by atoms with E-state index in [-0.39, 0.29) is 18.5 Å². The van der Waals surface area contributed by atoms with Crippen molar-refractivity contribution in [2.75, 3.05) is 24.8 Å². The minimum Gasteiger partial charge on any atom is -0.481 e. The van der Waals surface area contributed by atoms with E-state index in [2.05, 4.69) is 15.2 Å². The SMILES string of the molecule is COCC1CCC(N(C(=O)Nc2ncc(SCCC(=O)O)s2)C2CCCC2)CC1. The van der Waals surface area contributed by atoms with Gasteiger partial charge in [-0.25, -0.2) is 9.78 Å². The minimum absolute atomic E-state index is 0.0384. The maximum Gasteiger partial charge on any atom is 0.324 e. The van der Waals surface area contributed by atoms with Gasteiger partial charge in [0.1, 0.15) is 0 Å². The molecule has 2 amide bonds. The number of aromatic nitrogens is 1. The van der Waals surface area contributed by atoms with Crippen LogP contribution in [0.1, 0.15) is 57.8 Å². The van der Waals surface area contributed by atoms with Crippen LogP contribution in [0.3, 0.4) is 0 Å².